The van der Waals surface area contributed by atoms with Crippen LogP contribution >= 0.6 is 0 Å². The van der Waals surface area contributed by atoms with Gasteiger partial charge in [0.25, 0.3) is 6.29 Å². The number of aliphatic hydroxyl groups is 1. The lowest BCUT2D eigenvalue weighted by molar-refractivity contribution is -0.229. The molecule has 5 nitrogen and oxygen atoms in total. The number of esters is 2. The van der Waals surface area contributed by atoms with Gasteiger partial charge in [0, 0.05) is 25.5 Å². The molecule has 1 aromatic carbocycles. The molecule has 0 saturated carbocycles. The van der Waals surface area contributed by atoms with Crippen molar-refractivity contribution in [2.24, 2.45) is 0 Å². The lowest BCUT2D eigenvalue weighted by Gasteiger charge is -2.31. The molecule has 0 spiro atoms. The van der Waals surface area contributed by atoms with Crippen LogP contribution in [0.15, 0.2) is 18.2 Å². The van der Waals surface area contributed by atoms with Crippen molar-refractivity contribution in [3.05, 3.63) is 35.4 Å². The molecule has 20 heavy (non-hydrogen) atoms. The van der Waals surface area contributed by atoms with Gasteiger partial charge in [-0.3, -0.25) is 9.59 Å². The molecule has 0 aliphatic heterocycles. The van der Waals surface area contributed by atoms with Gasteiger partial charge in [-0.15, -0.1) is 0 Å². The van der Waals surface area contributed by atoms with Crippen LogP contribution in [0.25, 0.3) is 0 Å². The van der Waals surface area contributed by atoms with Gasteiger partial charge in [-0.2, -0.15) is 0 Å². The van der Waals surface area contributed by atoms with Crippen LogP contribution in [0.2, 0.25) is 0 Å². The minimum Gasteiger partial charge on any atom is -0.422 e. The molecule has 0 fully saturated rings. The van der Waals surface area contributed by atoms with Crippen molar-refractivity contribution in [3.63, 3.8) is 0 Å². The summed E-state index contributed by atoms with van der Waals surface area (Å²) in [7, 11) is 0. The van der Waals surface area contributed by atoms with E-state index in [1.807, 2.05) is 0 Å². The monoisotopic (exact) mass is 288 g/mol. The third kappa shape index (κ3) is 3.74. The van der Waals surface area contributed by atoms with E-state index in [1.165, 1.54) is 0 Å². The van der Waals surface area contributed by atoms with Gasteiger partial charge in [-0.1, -0.05) is 6.07 Å². The van der Waals surface area contributed by atoms with Gasteiger partial charge in [-0.05, 0) is 13.0 Å². The highest BCUT2D eigenvalue weighted by Gasteiger charge is 2.41. The second-order valence-corrected chi connectivity index (χ2v) is 4.32. The van der Waals surface area contributed by atoms with Gasteiger partial charge in [-0.25, -0.2) is 8.78 Å². The highest BCUT2D eigenvalue weighted by atomic mass is 19.1. The Labute approximate surface area is 114 Å². The molecule has 0 amide bonds. The molecule has 7 heteroatoms. The minimum absolute atomic E-state index is 0.369. The summed E-state index contributed by atoms with van der Waals surface area (Å²) in [6.45, 7) is 3.15. The van der Waals surface area contributed by atoms with Crippen molar-refractivity contribution in [3.8, 4) is 0 Å². The highest BCUT2D eigenvalue weighted by molar-refractivity contribution is 5.68. The number of hydrogen-bond acceptors (Lipinski definition) is 5. The summed E-state index contributed by atoms with van der Waals surface area (Å²) in [4.78, 5) is 21.9. The van der Waals surface area contributed by atoms with Crippen molar-refractivity contribution >= 4 is 11.9 Å². The zero-order valence-corrected chi connectivity index (χ0v) is 11.1. The van der Waals surface area contributed by atoms with Crippen LogP contribution in [0, 0.1) is 11.6 Å². The van der Waals surface area contributed by atoms with E-state index in [0.717, 1.165) is 32.9 Å². The Morgan fingerprint density at radius 3 is 2.10 bits per heavy atom. The van der Waals surface area contributed by atoms with Crippen molar-refractivity contribution in [1.29, 1.82) is 0 Å². The second-order valence-electron chi connectivity index (χ2n) is 4.32. The molecule has 1 rings (SSSR count). The van der Waals surface area contributed by atoms with Crippen molar-refractivity contribution in [2.75, 3.05) is 0 Å². The molecule has 1 aromatic rings. The summed E-state index contributed by atoms with van der Waals surface area (Å²) in [5.74, 6) is -3.56. The Bertz CT molecular complexity index is 511. The highest BCUT2D eigenvalue weighted by Crippen LogP contribution is 2.30. The first-order valence-corrected chi connectivity index (χ1v) is 5.67. The van der Waals surface area contributed by atoms with E-state index in [1.54, 1.807) is 0 Å². The average Bonchev–Trinajstić information content (AvgIpc) is 2.26. The van der Waals surface area contributed by atoms with Crippen LogP contribution in [0.4, 0.5) is 8.78 Å². The predicted octanol–water partition coefficient (Wildman–Crippen LogP) is 1.62. The Morgan fingerprint density at radius 1 is 1.20 bits per heavy atom. The standard InChI is InChI=1S/C13H14F2O5/c1-7(16)19-12(20-8(2)17)13(3,18)10-5-4-9(14)6-11(10)15/h4-6,12,18H,1-3H3. The smallest absolute Gasteiger partial charge is 0.305 e. The molecule has 0 bridgehead atoms. The van der Waals surface area contributed by atoms with E-state index in [-0.39, 0.29) is 5.56 Å². The van der Waals surface area contributed by atoms with Crippen molar-refractivity contribution in [2.45, 2.75) is 32.7 Å². The van der Waals surface area contributed by atoms with Crippen LogP contribution in [0.5, 0.6) is 0 Å². The SMILES string of the molecule is CC(=O)OC(OC(C)=O)C(C)(O)c1ccc(F)cc1F. The number of ether oxygens (including phenoxy) is 2. The zero-order chi connectivity index (χ0) is 15.5. The maximum atomic E-state index is 13.7. The van der Waals surface area contributed by atoms with Crippen LogP contribution < -0.4 is 0 Å². The first-order chi connectivity index (χ1) is 9.14. The maximum Gasteiger partial charge on any atom is 0.305 e. The minimum atomic E-state index is -2.17. The normalized spacial score (nSPS) is 13.8. The summed E-state index contributed by atoms with van der Waals surface area (Å²) < 4.78 is 35.9. The van der Waals surface area contributed by atoms with Crippen LogP contribution in [0.3, 0.4) is 0 Å². The molecule has 0 aliphatic rings. The van der Waals surface area contributed by atoms with E-state index in [4.69, 9.17) is 0 Å². The van der Waals surface area contributed by atoms with E-state index in [9.17, 15) is 23.5 Å². The molecular formula is C13H14F2O5. The Hall–Kier alpha value is -2.02. The topological polar surface area (TPSA) is 72.8 Å². The fourth-order valence-electron chi connectivity index (χ4n) is 1.58. The van der Waals surface area contributed by atoms with E-state index in [0.29, 0.717) is 6.07 Å². The van der Waals surface area contributed by atoms with Crippen LogP contribution in [-0.2, 0) is 24.7 Å². The Balaban J connectivity index is 3.19. The first-order valence-electron chi connectivity index (χ1n) is 5.67. The van der Waals surface area contributed by atoms with Crippen molar-refractivity contribution < 1.29 is 33.0 Å². The van der Waals surface area contributed by atoms with Gasteiger partial charge in [0.1, 0.15) is 11.6 Å². The van der Waals surface area contributed by atoms with Gasteiger partial charge in [0.05, 0.1) is 0 Å². The number of benzene rings is 1. The molecule has 0 aliphatic carbocycles. The molecule has 1 N–H and O–H groups in total. The van der Waals surface area contributed by atoms with E-state index < -0.39 is 35.5 Å². The molecular weight excluding hydrogens is 274 g/mol. The molecule has 1 atom stereocenters. The van der Waals surface area contributed by atoms with Crippen molar-refractivity contribution in [1.82, 2.24) is 0 Å². The first kappa shape index (κ1) is 16.0. The maximum absolute atomic E-state index is 13.7. The fourth-order valence-corrected chi connectivity index (χ4v) is 1.58. The zero-order valence-electron chi connectivity index (χ0n) is 11.1. The summed E-state index contributed by atoms with van der Waals surface area (Å²) in [5.41, 5.74) is -2.54. The Kier molecular flexibility index (Phi) is 4.78. The van der Waals surface area contributed by atoms with Gasteiger partial charge in [0.2, 0.25) is 0 Å². The molecule has 0 saturated heterocycles. The summed E-state index contributed by atoms with van der Waals surface area (Å²) >= 11 is 0. The quantitative estimate of drug-likeness (QED) is 0.673. The fraction of sp³-hybridized carbons (Fsp3) is 0.385. The number of rotatable bonds is 4. The lowest BCUT2D eigenvalue weighted by Crippen LogP contribution is -2.43. The largest absolute Gasteiger partial charge is 0.422 e. The van der Waals surface area contributed by atoms with E-state index >= 15 is 0 Å². The second kappa shape index (κ2) is 5.96. The predicted molar refractivity (Wildman–Crippen MR) is 63.2 cm³/mol. The molecule has 1 unspecified atom stereocenters. The van der Waals surface area contributed by atoms with E-state index in [2.05, 4.69) is 9.47 Å². The molecule has 110 valence electrons. The third-order valence-corrected chi connectivity index (χ3v) is 2.48. The lowest BCUT2D eigenvalue weighted by atomic mass is 9.94. The van der Waals surface area contributed by atoms with Gasteiger partial charge >= 0.3 is 11.9 Å². The summed E-state index contributed by atoms with van der Waals surface area (Å²) in [5, 5.41) is 10.3. The van der Waals surface area contributed by atoms with Crippen LogP contribution in [0.1, 0.15) is 26.3 Å². The summed E-state index contributed by atoms with van der Waals surface area (Å²) in [6, 6.07) is 2.46. The molecule has 0 aromatic heterocycles. The number of carbonyl (C=O) groups excluding carboxylic acids is 2. The van der Waals surface area contributed by atoms with Crippen LogP contribution in [-0.4, -0.2) is 23.3 Å². The third-order valence-electron chi connectivity index (χ3n) is 2.48. The number of hydrogen-bond donors (Lipinski definition) is 1. The van der Waals surface area contributed by atoms with Gasteiger partial charge in [0.15, 0.2) is 5.60 Å². The summed E-state index contributed by atoms with van der Waals surface area (Å²) in [6.07, 6.45) is -1.75. The molecule has 0 radical (unpaired) electrons. The number of carbonyl (C=O) groups is 2. The van der Waals surface area contributed by atoms with Gasteiger partial charge < -0.3 is 14.6 Å². The Morgan fingerprint density at radius 2 is 1.70 bits per heavy atom. The number of halogens is 2. The molecule has 0 heterocycles. The average molecular weight is 288 g/mol.